The number of aromatic nitrogens is 1. The van der Waals surface area contributed by atoms with E-state index < -0.39 is 0 Å². The summed E-state index contributed by atoms with van der Waals surface area (Å²) in [6.07, 6.45) is 1.68. The van der Waals surface area contributed by atoms with E-state index in [4.69, 9.17) is 0 Å². The van der Waals surface area contributed by atoms with Crippen molar-refractivity contribution in [3.8, 4) is 0 Å². The van der Waals surface area contributed by atoms with E-state index in [1.165, 1.54) is 0 Å². The summed E-state index contributed by atoms with van der Waals surface area (Å²) >= 11 is 0. The van der Waals surface area contributed by atoms with Crippen molar-refractivity contribution in [3.63, 3.8) is 0 Å². The van der Waals surface area contributed by atoms with Gasteiger partial charge in [0.1, 0.15) is 5.82 Å². The molecule has 0 saturated carbocycles. The average Bonchev–Trinajstić information content (AvgIpc) is 2.17. The second-order valence-corrected chi connectivity index (χ2v) is 2.52. The third-order valence-electron chi connectivity index (χ3n) is 1.47. The fourth-order valence-corrected chi connectivity index (χ4v) is 0.898. The van der Waals surface area contributed by atoms with Crippen LogP contribution in [0.1, 0.15) is 6.92 Å². The maximum absolute atomic E-state index is 11.0. The number of anilines is 1. The summed E-state index contributed by atoms with van der Waals surface area (Å²) in [6, 6.07) is 5.52. The minimum Gasteiger partial charge on any atom is -0.361 e. The highest BCUT2D eigenvalue weighted by molar-refractivity contribution is 5.80. The van der Waals surface area contributed by atoms with Gasteiger partial charge in [-0.15, -0.1) is 0 Å². The van der Waals surface area contributed by atoms with Crippen molar-refractivity contribution >= 4 is 11.7 Å². The Balaban J connectivity index is 2.31. The molecule has 1 amide bonds. The van der Waals surface area contributed by atoms with Gasteiger partial charge in [0.15, 0.2) is 0 Å². The van der Waals surface area contributed by atoms with Crippen molar-refractivity contribution in [2.75, 3.05) is 18.4 Å². The number of amides is 1. The van der Waals surface area contributed by atoms with Crippen molar-refractivity contribution in [2.45, 2.75) is 6.92 Å². The Bertz CT molecular complexity index is 261. The van der Waals surface area contributed by atoms with Gasteiger partial charge in [0.2, 0.25) is 5.91 Å². The molecule has 1 rings (SSSR count). The van der Waals surface area contributed by atoms with Crippen molar-refractivity contribution in [1.82, 2.24) is 10.3 Å². The molecule has 0 atom stereocenters. The van der Waals surface area contributed by atoms with Crippen LogP contribution in [0, 0.1) is 0 Å². The molecule has 1 aromatic heterocycles. The van der Waals surface area contributed by atoms with Gasteiger partial charge in [0.25, 0.3) is 0 Å². The monoisotopic (exact) mass is 179 g/mol. The number of hydrogen-bond donors (Lipinski definition) is 2. The Morgan fingerprint density at radius 2 is 2.38 bits per heavy atom. The SMILES string of the molecule is CCNC(=O)CNc1ccccn1. The van der Waals surface area contributed by atoms with E-state index in [0.29, 0.717) is 12.4 Å². The second kappa shape index (κ2) is 5.13. The first-order chi connectivity index (χ1) is 6.33. The van der Waals surface area contributed by atoms with Gasteiger partial charge in [-0.2, -0.15) is 0 Å². The topological polar surface area (TPSA) is 54.0 Å². The first-order valence-electron chi connectivity index (χ1n) is 4.24. The molecule has 0 radical (unpaired) electrons. The molecule has 0 unspecified atom stereocenters. The molecule has 0 saturated heterocycles. The maximum Gasteiger partial charge on any atom is 0.239 e. The molecule has 0 fully saturated rings. The van der Waals surface area contributed by atoms with Crippen LogP contribution in [0.2, 0.25) is 0 Å². The van der Waals surface area contributed by atoms with Crippen LogP contribution in [0.25, 0.3) is 0 Å². The lowest BCUT2D eigenvalue weighted by molar-refractivity contribution is -0.119. The first-order valence-corrected chi connectivity index (χ1v) is 4.24. The molecule has 13 heavy (non-hydrogen) atoms. The molecule has 2 N–H and O–H groups in total. The van der Waals surface area contributed by atoms with E-state index in [-0.39, 0.29) is 12.5 Å². The largest absolute Gasteiger partial charge is 0.361 e. The Morgan fingerprint density at radius 3 is 3.00 bits per heavy atom. The molecule has 0 spiro atoms. The van der Waals surface area contributed by atoms with Crippen molar-refractivity contribution < 1.29 is 4.79 Å². The van der Waals surface area contributed by atoms with E-state index in [1.807, 2.05) is 25.1 Å². The average molecular weight is 179 g/mol. The van der Waals surface area contributed by atoms with Gasteiger partial charge >= 0.3 is 0 Å². The summed E-state index contributed by atoms with van der Waals surface area (Å²) in [5.74, 6) is 0.696. The molecular formula is C9H13N3O. The number of nitrogens with zero attached hydrogens (tertiary/aromatic N) is 1. The lowest BCUT2D eigenvalue weighted by atomic mass is 10.4. The molecule has 0 bridgehead atoms. The van der Waals surface area contributed by atoms with Gasteiger partial charge in [0, 0.05) is 12.7 Å². The van der Waals surface area contributed by atoms with Crippen molar-refractivity contribution in [1.29, 1.82) is 0 Å². The van der Waals surface area contributed by atoms with Crippen LogP contribution in [0.5, 0.6) is 0 Å². The Morgan fingerprint density at radius 1 is 1.54 bits per heavy atom. The Kier molecular flexibility index (Phi) is 3.75. The summed E-state index contributed by atoms with van der Waals surface area (Å²) in [6.45, 7) is 2.81. The first kappa shape index (κ1) is 9.51. The zero-order valence-electron chi connectivity index (χ0n) is 7.58. The normalized spacial score (nSPS) is 9.31. The molecule has 1 aromatic rings. The Hall–Kier alpha value is -1.58. The summed E-state index contributed by atoms with van der Waals surface area (Å²) in [5.41, 5.74) is 0. The molecule has 0 aromatic carbocycles. The second-order valence-electron chi connectivity index (χ2n) is 2.52. The molecule has 4 heteroatoms. The number of carbonyl (C=O) groups is 1. The van der Waals surface area contributed by atoms with Gasteiger partial charge in [0.05, 0.1) is 6.54 Å². The number of nitrogens with one attached hydrogen (secondary N) is 2. The summed E-state index contributed by atoms with van der Waals surface area (Å²) < 4.78 is 0. The fourth-order valence-electron chi connectivity index (χ4n) is 0.898. The summed E-state index contributed by atoms with van der Waals surface area (Å²) in [5, 5.41) is 5.59. The third kappa shape index (κ3) is 3.55. The number of pyridine rings is 1. The lowest BCUT2D eigenvalue weighted by Gasteiger charge is -2.04. The minimum atomic E-state index is -0.0202. The highest BCUT2D eigenvalue weighted by atomic mass is 16.1. The van der Waals surface area contributed by atoms with Crippen LogP contribution in [-0.2, 0) is 4.79 Å². The van der Waals surface area contributed by atoms with Crippen LogP contribution in [0.3, 0.4) is 0 Å². The lowest BCUT2D eigenvalue weighted by Crippen LogP contribution is -2.29. The van der Waals surface area contributed by atoms with Crippen LogP contribution in [0.4, 0.5) is 5.82 Å². The molecule has 0 aliphatic rings. The highest BCUT2D eigenvalue weighted by Crippen LogP contribution is 1.97. The van der Waals surface area contributed by atoms with Gasteiger partial charge in [-0.05, 0) is 19.1 Å². The van der Waals surface area contributed by atoms with Gasteiger partial charge < -0.3 is 10.6 Å². The zero-order valence-corrected chi connectivity index (χ0v) is 7.58. The molecule has 1 heterocycles. The maximum atomic E-state index is 11.0. The van der Waals surface area contributed by atoms with Crippen LogP contribution >= 0.6 is 0 Å². The van der Waals surface area contributed by atoms with Gasteiger partial charge in [-0.3, -0.25) is 4.79 Å². The number of hydrogen-bond acceptors (Lipinski definition) is 3. The van der Waals surface area contributed by atoms with Crippen molar-refractivity contribution in [3.05, 3.63) is 24.4 Å². The van der Waals surface area contributed by atoms with Gasteiger partial charge in [-0.25, -0.2) is 4.98 Å². The van der Waals surface area contributed by atoms with E-state index in [1.54, 1.807) is 6.20 Å². The van der Waals surface area contributed by atoms with Crippen LogP contribution in [-0.4, -0.2) is 24.0 Å². The molecular weight excluding hydrogens is 166 g/mol. The smallest absolute Gasteiger partial charge is 0.239 e. The Labute approximate surface area is 77.4 Å². The molecule has 4 nitrogen and oxygen atoms in total. The van der Waals surface area contributed by atoms with Gasteiger partial charge in [-0.1, -0.05) is 6.07 Å². The quantitative estimate of drug-likeness (QED) is 0.712. The third-order valence-corrected chi connectivity index (χ3v) is 1.47. The van der Waals surface area contributed by atoms with Crippen LogP contribution in [0.15, 0.2) is 24.4 Å². The molecule has 0 aliphatic carbocycles. The standard InChI is InChI=1S/C9H13N3O/c1-2-10-9(13)7-12-8-5-3-4-6-11-8/h3-6H,2,7H2,1H3,(H,10,13)(H,11,12). The van der Waals surface area contributed by atoms with E-state index in [2.05, 4.69) is 15.6 Å². The summed E-state index contributed by atoms with van der Waals surface area (Å²) in [4.78, 5) is 15.0. The summed E-state index contributed by atoms with van der Waals surface area (Å²) in [7, 11) is 0. The van der Waals surface area contributed by atoms with E-state index >= 15 is 0 Å². The van der Waals surface area contributed by atoms with Crippen LogP contribution < -0.4 is 10.6 Å². The predicted octanol–water partition coefficient (Wildman–Crippen LogP) is 0.630. The zero-order chi connectivity index (χ0) is 9.52. The molecule has 70 valence electrons. The fraction of sp³-hybridized carbons (Fsp3) is 0.333. The van der Waals surface area contributed by atoms with E-state index in [9.17, 15) is 4.79 Å². The highest BCUT2D eigenvalue weighted by Gasteiger charge is 1.97. The van der Waals surface area contributed by atoms with E-state index in [0.717, 1.165) is 0 Å². The number of likely N-dealkylation sites (N-methyl/N-ethyl adjacent to an activating group) is 1. The number of carbonyl (C=O) groups excluding carboxylic acids is 1. The number of rotatable bonds is 4. The van der Waals surface area contributed by atoms with Crippen molar-refractivity contribution in [2.24, 2.45) is 0 Å². The molecule has 0 aliphatic heterocycles. The minimum absolute atomic E-state index is 0.0202. The predicted molar refractivity (Wildman–Crippen MR) is 51.4 cm³/mol.